The number of hydrogen-bond acceptors (Lipinski definition) is 6. The molecule has 4 rings (SSSR count). The highest BCUT2D eigenvalue weighted by Gasteiger charge is 2.21. The van der Waals surface area contributed by atoms with E-state index in [1.165, 1.54) is 30.5 Å². The van der Waals surface area contributed by atoms with Gasteiger partial charge in [-0.05, 0) is 54.6 Å². The van der Waals surface area contributed by atoms with Crippen molar-refractivity contribution in [3.8, 4) is 17.6 Å². The molecular weight excluding hydrogens is 544 g/mol. The van der Waals surface area contributed by atoms with Crippen molar-refractivity contribution in [2.45, 2.75) is 4.90 Å². The highest BCUT2D eigenvalue weighted by molar-refractivity contribution is 9.10. The fourth-order valence-electron chi connectivity index (χ4n) is 3.39. The van der Waals surface area contributed by atoms with E-state index < -0.39 is 10.0 Å². The first kappa shape index (κ1) is 25.2. The third-order valence-corrected chi connectivity index (χ3v) is 7.05. The summed E-state index contributed by atoms with van der Waals surface area (Å²) in [6, 6.07) is 14.9. The minimum absolute atomic E-state index is 0.0195. The lowest BCUT2D eigenvalue weighted by atomic mass is 10.1. The van der Waals surface area contributed by atoms with Gasteiger partial charge in [0.1, 0.15) is 16.3 Å². The standard InChI is InChI=1S/C26H21BrN4O4S/c1-31(2)26(32)22-10-7-17(16-29-22)6-8-18-15-19(27)9-11-21(18)30-36(33,34)24-13-12-23(35-3)20-5-4-14-28-25(20)24/h4-5,7,9-16,30H,1-3H3. The summed E-state index contributed by atoms with van der Waals surface area (Å²) in [7, 11) is 0.808. The molecule has 0 aliphatic rings. The number of amides is 1. The van der Waals surface area contributed by atoms with E-state index in [1.54, 1.807) is 62.6 Å². The van der Waals surface area contributed by atoms with Gasteiger partial charge in [-0.3, -0.25) is 14.5 Å². The summed E-state index contributed by atoms with van der Waals surface area (Å²) in [4.78, 5) is 21.9. The van der Waals surface area contributed by atoms with Crippen LogP contribution in [0.25, 0.3) is 10.9 Å². The molecule has 1 N–H and O–H groups in total. The topological polar surface area (TPSA) is 101 Å². The molecule has 0 spiro atoms. The molecule has 0 aliphatic heterocycles. The number of benzene rings is 2. The molecule has 0 bridgehead atoms. The number of nitrogens with one attached hydrogen (secondary N) is 1. The smallest absolute Gasteiger partial charge is 0.271 e. The first-order valence-electron chi connectivity index (χ1n) is 10.6. The number of nitrogens with zero attached hydrogens (tertiary/aromatic N) is 3. The van der Waals surface area contributed by atoms with Crippen LogP contribution in [0.5, 0.6) is 5.75 Å². The van der Waals surface area contributed by atoms with Crippen LogP contribution in [0.3, 0.4) is 0 Å². The Morgan fingerprint density at radius 3 is 2.56 bits per heavy atom. The van der Waals surface area contributed by atoms with E-state index >= 15 is 0 Å². The number of pyridine rings is 2. The first-order valence-corrected chi connectivity index (χ1v) is 12.9. The summed E-state index contributed by atoms with van der Waals surface area (Å²) >= 11 is 3.41. The Morgan fingerprint density at radius 2 is 1.86 bits per heavy atom. The Hall–Kier alpha value is -3.94. The lowest BCUT2D eigenvalue weighted by Crippen LogP contribution is -2.22. The number of fused-ring (bicyclic) bond motifs is 1. The van der Waals surface area contributed by atoms with Gasteiger partial charge in [-0.2, -0.15) is 0 Å². The summed E-state index contributed by atoms with van der Waals surface area (Å²) in [6.07, 6.45) is 3.03. The van der Waals surface area contributed by atoms with Gasteiger partial charge in [0.15, 0.2) is 0 Å². The summed E-state index contributed by atoms with van der Waals surface area (Å²) in [5.41, 5.74) is 1.93. The highest BCUT2D eigenvalue weighted by atomic mass is 79.9. The predicted molar refractivity (Wildman–Crippen MR) is 141 cm³/mol. The number of sulfonamides is 1. The van der Waals surface area contributed by atoms with Crippen molar-refractivity contribution >= 4 is 48.5 Å². The Kier molecular flexibility index (Phi) is 7.24. The fraction of sp³-hybridized carbons (Fsp3) is 0.115. The largest absolute Gasteiger partial charge is 0.496 e. The van der Waals surface area contributed by atoms with Crippen molar-refractivity contribution < 1.29 is 17.9 Å². The first-order chi connectivity index (χ1) is 17.2. The van der Waals surface area contributed by atoms with Crippen LogP contribution in [-0.2, 0) is 10.0 Å². The Bertz CT molecular complexity index is 1630. The number of carbonyl (C=O) groups is 1. The van der Waals surface area contributed by atoms with Crippen LogP contribution in [0.2, 0.25) is 0 Å². The van der Waals surface area contributed by atoms with E-state index in [-0.39, 0.29) is 10.8 Å². The molecule has 8 nitrogen and oxygen atoms in total. The van der Waals surface area contributed by atoms with Crippen LogP contribution in [-0.4, -0.2) is 50.4 Å². The normalized spacial score (nSPS) is 10.9. The second-order valence-electron chi connectivity index (χ2n) is 7.84. The Labute approximate surface area is 217 Å². The number of methoxy groups -OCH3 is 1. The van der Waals surface area contributed by atoms with E-state index in [9.17, 15) is 13.2 Å². The van der Waals surface area contributed by atoms with Crippen LogP contribution < -0.4 is 9.46 Å². The summed E-state index contributed by atoms with van der Waals surface area (Å²) in [5.74, 6) is 6.28. The molecule has 4 aromatic rings. The summed E-state index contributed by atoms with van der Waals surface area (Å²) in [5, 5.41) is 0.586. The van der Waals surface area contributed by atoms with Crippen molar-refractivity contribution in [1.29, 1.82) is 0 Å². The second-order valence-corrected chi connectivity index (χ2v) is 10.4. The molecule has 2 aromatic heterocycles. The minimum atomic E-state index is -4.01. The lowest BCUT2D eigenvalue weighted by molar-refractivity contribution is 0.0822. The molecule has 0 saturated carbocycles. The third-order valence-electron chi connectivity index (χ3n) is 5.16. The zero-order valence-corrected chi connectivity index (χ0v) is 22.0. The lowest BCUT2D eigenvalue weighted by Gasteiger charge is -2.13. The average Bonchev–Trinajstić information content (AvgIpc) is 2.87. The zero-order chi connectivity index (χ0) is 25.9. The van der Waals surface area contributed by atoms with Crippen LogP contribution >= 0.6 is 15.9 Å². The monoisotopic (exact) mass is 564 g/mol. The number of anilines is 1. The van der Waals surface area contributed by atoms with Crippen LogP contribution in [0.1, 0.15) is 21.6 Å². The van der Waals surface area contributed by atoms with Crippen molar-refractivity contribution in [2.75, 3.05) is 25.9 Å². The SMILES string of the molecule is COc1ccc(S(=O)(=O)Nc2ccc(Br)cc2C#Cc2ccc(C(=O)N(C)C)nc2)c2ncccc12. The van der Waals surface area contributed by atoms with E-state index in [2.05, 4.69) is 42.5 Å². The molecule has 0 radical (unpaired) electrons. The van der Waals surface area contributed by atoms with E-state index in [4.69, 9.17) is 4.74 Å². The molecule has 2 aromatic carbocycles. The van der Waals surface area contributed by atoms with Crippen LogP contribution in [0.4, 0.5) is 5.69 Å². The van der Waals surface area contributed by atoms with Gasteiger partial charge >= 0.3 is 0 Å². The quantitative estimate of drug-likeness (QED) is 0.362. The Morgan fingerprint density at radius 1 is 1.06 bits per heavy atom. The third kappa shape index (κ3) is 5.32. The van der Waals surface area contributed by atoms with E-state index in [1.807, 2.05) is 0 Å². The number of carbonyl (C=O) groups excluding carboxylic acids is 1. The predicted octanol–water partition coefficient (Wildman–Crippen LogP) is 4.30. The van der Waals surface area contributed by atoms with Crippen LogP contribution in [0.15, 0.2) is 76.4 Å². The molecule has 0 saturated heterocycles. The minimum Gasteiger partial charge on any atom is -0.496 e. The van der Waals surface area contributed by atoms with Crippen LogP contribution in [0, 0.1) is 11.8 Å². The van der Waals surface area contributed by atoms with Gasteiger partial charge < -0.3 is 9.64 Å². The highest BCUT2D eigenvalue weighted by Crippen LogP contribution is 2.31. The summed E-state index contributed by atoms with van der Waals surface area (Å²) in [6.45, 7) is 0. The molecule has 36 heavy (non-hydrogen) atoms. The molecule has 0 aliphatic carbocycles. The van der Waals surface area contributed by atoms with Gasteiger partial charge in [0.05, 0.1) is 23.9 Å². The van der Waals surface area contributed by atoms with Gasteiger partial charge in [-0.25, -0.2) is 13.4 Å². The molecule has 0 unspecified atom stereocenters. The molecule has 2 heterocycles. The van der Waals surface area contributed by atoms with Crippen molar-refractivity contribution in [2.24, 2.45) is 0 Å². The maximum atomic E-state index is 13.4. The number of ether oxygens (including phenoxy) is 1. The number of halogens is 1. The van der Waals surface area contributed by atoms with Gasteiger partial charge in [-0.15, -0.1) is 0 Å². The van der Waals surface area contributed by atoms with Gasteiger partial charge in [-0.1, -0.05) is 27.8 Å². The number of hydrogen-bond donors (Lipinski definition) is 1. The molecule has 1 amide bonds. The second kappa shape index (κ2) is 10.4. The van der Waals surface area contributed by atoms with E-state index in [0.29, 0.717) is 39.2 Å². The maximum Gasteiger partial charge on any atom is 0.271 e. The fourth-order valence-corrected chi connectivity index (χ4v) is 4.99. The Balaban J connectivity index is 1.69. The molecule has 0 fully saturated rings. The van der Waals surface area contributed by atoms with Gasteiger partial charge in [0, 0.05) is 41.9 Å². The zero-order valence-electron chi connectivity index (χ0n) is 19.6. The molecule has 0 atom stereocenters. The maximum absolute atomic E-state index is 13.4. The van der Waals surface area contributed by atoms with Gasteiger partial charge in [0.25, 0.3) is 15.9 Å². The summed E-state index contributed by atoms with van der Waals surface area (Å²) < 4.78 is 35.5. The number of rotatable bonds is 5. The molecule has 182 valence electrons. The van der Waals surface area contributed by atoms with Crippen molar-refractivity contribution in [3.05, 3.63) is 88.3 Å². The average molecular weight is 565 g/mol. The van der Waals surface area contributed by atoms with Crippen molar-refractivity contribution in [1.82, 2.24) is 14.9 Å². The molecular formula is C26H21BrN4O4S. The van der Waals surface area contributed by atoms with Crippen molar-refractivity contribution in [3.63, 3.8) is 0 Å². The van der Waals surface area contributed by atoms with E-state index in [0.717, 1.165) is 4.47 Å². The number of aromatic nitrogens is 2. The van der Waals surface area contributed by atoms with Gasteiger partial charge in [0.2, 0.25) is 0 Å². The molecule has 10 heteroatoms.